The van der Waals surface area contributed by atoms with Crippen LogP contribution in [0, 0.1) is 6.92 Å². The second kappa shape index (κ2) is 6.86. The highest BCUT2D eigenvalue weighted by atomic mass is 16.5. The average molecular weight is 267 g/mol. The summed E-state index contributed by atoms with van der Waals surface area (Å²) < 4.78 is 4.92. The minimum absolute atomic E-state index is 0.0567. The molecule has 0 saturated carbocycles. The Labute approximate surface area is 111 Å². The molecule has 1 amide bonds. The van der Waals surface area contributed by atoms with Crippen LogP contribution in [0.4, 0.5) is 0 Å². The number of carboxylic acid groups (broad SMARTS) is 1. The molecule has 6 nitrogen and oxygen atoms in total. The van der Waals surface area contributed by atoms with Crippen LogP contribution in [0.15, 0.2) is 18.2 Å². The summed E-state index contributed by atoms with van der Waals surface area (Å²) >= 11 is 0. The third kappa shape index (κ3) is 4.04. The molecule has 0 aliphatic carbocycles. The van der Waals surface area contributed by atoms with Crippen LogP contribution < -0.4 is 5.32 Å². The van der Waals surface area contributed by atoms with Crippen LogP contribution in [0.3, 0.4) is 0 Å². The van der Waals surface area contributed by atoms with E-state index in [0.29, 0.717) is 11.1 Å². The molecule has 1 atom stereocenters. The van der Waals surface area contributed by atoms with E-state index in [9.17, 15) is 9.59 Å². The summed E-state index contributed by atoms with van der Waals surface area (Å²) in [5, 5.41) is 20.4. The van der Waals surface area contributed by atoms with Gasteiger partial charge in [0.05, 0.1) is 18.3 Å². The summed E-state index contributed by atoms with van der Waals surface area (Å²) in [6.45, 7) is 1.67. The van der Waals surface area contributed by atoms with Crippen molar-refractivity contribution < 1.29 is 24.5 Å². The molecule has 0 saturated heterocycles. The standard InChI is InChI=1S/C13H17NO5/c1-8-3-4-9(13(17)18)5-11(8)12(16)14-6-10(7-15)19-2/h3-5,10,15H,6-7H2,1-2H3,(H,14,16)(H,17,18). The summed E-state index contributed by atoms with van der Waals surface area (Å²) in [7, 11) is 1.43. The number of aliphatic hydroxyl groups is 1. The molecule has 1 aromatic rings. The van der Waals surface area contributed by atoms with Crippen molar-refractivity contribution in [3.8, 4) is 0 Å². The zero-order valence-corrected chi connectivity index (χ0v) is 10.8. The summed E-state index contributed by atoms with van der Waals surface area (Å²) in [6.07, 6.45) is -0.480. The summed E-state index contributed by atoms with van der Waals surface area (Å²) in [5.41, 5.74) is 1.04. The monoisotopic (exact) mass is 267 g/mol. The molecular formula is C13H17NO5. The van der Waals surface area contributed by atoms with Gasteiger partial charge in [-0.15, -0.1) is 0 Å². The fourth-order valence-electron chi connectivity index (χ4n) is 1.52. The molecule has 0 radical (unpaired) electrons. The molecule has 0 bridgehead atoms. The van der Waals surface area contributed by atoms with E-state index in [-0.39, 0.29) is 18.7 Å². The molecule has 0 aliphatic heterocycles. The number of benzene rings is 1. The minimum Gasteiger partial charge on any atom is -0.478 e. The maximum Gasteiger partial charge on any atom is 0.335 e. The average Bonchev–Trinajstić information content (AvgIpc) is 2.39. The first-order valence-electron chi connectivity index (χ1n) is 5.75. The first kappa shape index (κ1) is 15.1. The Bertz CT molecular complexity index is 468. The Morgan fingerprint density at radius 1 is 1.42 bits per heavy atom. The molecule has 0 heterocycles. The number of nitrogens with one attached hydrogen (secondary N) is 1. The van der Waals surface area contributed by atoms with Gasteiger partial charge in [-0.1, -0.05) is 6.07 Å². The van der Waals surface area contributed by atoms with Gasteiger partial charge >= 0.3 is 5.97 Å². The van der Waals surface area contributed by atoms with Crippen LogP contribution in [0.25, 0.3) is 0 Å². The quantitative estimate of drug-likeness (QED) is 0.694. The lowest BCUT2D eigenvalue weighted by Gasteiger charge is -2.14. The Balaban J connectivity index is 2.81. The lowest BCUT2D eigenvalue weighted by molar-refractivity contribution is 0.0474. The Morgan fingerprint density at radius 2 is 2.11 bits per heavy atom. The van der Waals surface area contributed by atoms with Crippen molar-refractivity contribution >= 4 is 11.9 Å². The molecule has 1 rings (SSSR count). The maximum absolute atomic E-state index is 11.9. The van der Waals surface area contributed by atoms with E-state index in [2.05, 4.69) is 5.32 Å². The van der Waals surface area contributed by atoms with Gasteiger partial charge in [0.25, 0.3) is 5.91 Å². The topological polar surface area (TPSA) is 95.9 Å². The van der Waals surface area contributed by atoms with Gasteiger partial charge in [0, 0.05) is 19.2 Å². The SMILES string of the molecule is COC(CO)CNC(=O)c1cc(C(=O)O)ccc1C. The number of methoxy groups -OCH3 is 1. The lowest BCUT2D eigenvalue weighted by atomic mass is 10.0. The highest BCUT2D eigenvalue weighted by Gasteiger charge is 2.14. The first-order valence-corrected chi connectivity index (χ1v) is 5.75. The smallest absolute Gasteiger partial charge is 0.335 e. The van der Waals surface area contributed by atoms with Crippen LogP contribution in [0.1, 0.15) is 26.3 Å². The van der Waals surface area contributed by atoms with Crippen LogP contribution >= 0.6 is 0 Å². The lowest BCUT2D eigenvalue weighted by Crippen LogP contribution is -2.35. The summed E-state index contributed by atoms with van der Waals surface area (Å²) in [5.74, 6) is -1.48. The number of aryl methyl sites for hydroxylation is 1. The molecule has 1 unspecified atom stereocenters. The van der Waals surface area contributed by atoms with Gasteiger partial charge in [0.15, 0.2) is 0 Å². The van der Waals surface area contributed by atoms with E-state index in [1.807, 2.05) is 0 Å². The van der Waals surface area contributed by atoms with Crippen LogP contribution in [-0.2, 0) is 4.74 Å². The van der Waals surface area contributed by atoms with Crippen molar-refractivity contribution in [1.82, 2.24) is 5.32 Å². The summed E-state index contributed by atoms with van der Waals surface area (Å²) in [4.78, 5) is 22.8. The van der Waals surface area contributed by atoms with E-state index in [0.717, 1.165) is 0 Å². The van der Waals surface area contributed by atoms with Crippen molar-refractivity contribution in [2.24, 2.45) is 0 Å². The fraction of sp³-hybridized carbons (Fsp3) is 0.385. The predicted octanol–water partition coefficient (Wildman–Crippen LogP) is 0.430. The van der Waals surface area contributed by atoms with Gasteiger partial charge < -0.3 is 20.3 Å². The number of aliphatic hydroxyl groups excluding tert-OH is 1. The highest BCUT2D eigenvalue weighted by molar-refractivity contribution is 5.98. The van der Waals surface area contributed by atoms with Gasteiger partial charge in [-0.2, -0.15) is 0 Å². The van der Waals surface area contributed by atoms with Crippen LogP contribution in [0.5, 0.6) is 0 Å². The number of amides is 1. The second-order valence-electron chi connectivity index (χ2n) is 4.09. The molecule has 0 fully saturated rings. The van der Waals surface area contributed by atoms with Crippen molar-refractivity contribution in [3.63, 3.8) is 0 Å². The van der Waals surface area contributed by atoms with E-state index in [4.69, 9.17) is 14.9 Å². The third-order valence-electron chi connectivity index (χ3n) is 2.76. The van der Waals surface area contributed by atoms with E-state index in [1.54, 1.807) is 13.0 Å². The zero-order chi connectivity index (χ0) is 14.4. The number of aromatic carboxylic acids is 1. The number of carbonyl (C=O) groups excluding carboxylic acids is 1. The van der Waals surface area contributed by atoms with Gasteiger partial charge in [0.2, 0.25) is 0 Å². The molecule has 0 spiro atoms. The van der Waals surface area contributed by atoms with Gasteiger partial charge in [0.1, 0.15) is 0 Å². The van der Waals surface area contributed by atoms with Gasteiger partial charge in [-0.25, -0.2) is 4.79 Å². The number of carbonyl (C=O) groups is 2. The minimum atomic E-state index is -1.08. The number of carboxylic acids is 1. The number of rotatable bonds is 6. The van der Waals surface area contributed by atoms with Gasteiger partial charge in [-0.3, -0.25) is 4.79 Å². The molecule has 6 heteroatoms. The third-order valence-corrected chi connectivity index (χ3v) is 2.76. The van der Waals surface area contributed by atoms with Crippen molar-refractivity contribution in [2.45, 2.75) is 13.0 Å². The largest absolute Gasteiger partial charge is 0.478 e. The molecule has 0 aliphatic rings. The number of hydrogen-bond acceptors (Lipinski definition) is 4. The van der Waals surface area contributed by atoms with Crippen molar-refractivity contribution in [1.29, 1.82) is 0 Å². The maximum atomic E-state index is 11.9. The summed E-state index contributed by atoms with van der Waals surface area (Å²) in [6, 6.07) is 4.35. The highest BCUT2D eigenvalue weighted by Crippen LogP contribution is 2.11. The zero-order valence-electron chi connectivity index (χ0n) is 10.8. The molecule has 0 aromatic heterocycles. The molecule has 104 valence electrons. The normalized spacial score (nSPS) is 11.9. The number of hydrogen-bond donors (Lipinski definition) is 3. The predicted molar refractivity (Wildman–Crippen MR) is 68.4 cm³/mol. The van der Waals surface area contributed by atoms with E-state index in [1.165, 1.54) is 19.2 Å². The molecule has 19 heavy (non-hydrogen) atoms. The van der Waals surface area contributed by atoms with Crippen molar-refractivity contribution in [3.05, 3.63) is 34.9 Å². The first-order chi connectivity index (χ1) is 8.99. The molecule has 1 aromatic carbocycles. The second-order valence-corrected chi connectivity index (χ2v) is 4.09. The van der Waals surface area contributed by atoms with E-state index >= 15 is 0 Å². The fourth-order valence-corrected chi connectivity index (χ4v) is 1.52. The number of ether oxygens (including phenoxy) is 1. The van der Waals surface area contributed by atoms with Crippen LogP contribution in [0.2, 0.25) is 0 Å². The van der Waals surface area contributed by atoms with Crippen molar-refractivity contribution in [2.75, 3.05) is 20.3 Å². The Morgan fingerprint density at radius 3 is 2.63 bits per heavy atom. The van der Waals surface area contributed by atoms with E-state index < -0.39 is 18.0 Å². The van der Waals surface area contributed by atoms with Gasteiger partial charge in [-0.05, 0) is 24.6 Å². The van der Waals surface area contributed by atoms with Crippen LogP contribution in [-0.4, -0.2) is 48.5 Å². The Kier molecular flexibility index (Phi) is 5.47. The Hall–Kier alpha value is -1.92. The molecular weight excluding hydrogens is 250 g/mol. The molecule has 3 N–H and O–H groups in total.